The Labute approximate surface area is 143 Å². The Kier molecular flexibility index (Phi) is 5.77. The maximum Gasteiger partial charge on any atom is 0.303 e. The Balaban J connectivity index is 2.48. The van der Waals surface area contributed by atoms with Gasteiger partial charge in [-0.05, 0) is 30.5 Å². The first kappa shape index (κ1) is 18.2. The lowest BCUT2D eigenvalue weighted by molar-refractivity contribution is -0.270. The number of pyridine rings is 1. The highest BCUT2D eigenvalue weighted by atomic mass is 32.2. The summed E-state index contributed by atoms with van der Waals surface area (Å²) in [6.45, 7) is 1.54. The molecule has 0 amide bonds. The molecule has 7 heteroatoms. The van der Waals surface area contributed by atoms with Gasteiger partial charge in [-0.3, -0.25) is 4.79 Å². The van der Waals surface area contributed by atoms with E-state index in [1.807, 2.05) is 6.26 Å². The van der Waals surface area contributed by atoms with Crippen LogP contribution in [0.25, 0.3) is 10.9 Å². The number of benzene rings is 1. The second kappa shape index (κ2) is 7.61. The molecule has 0 aliphatic heterocycles. The first-order valence-electron chi connectivity index (χ1n) is 7.50. The highest BCUT2D eigenvalue weighted by molar-refractivity contribution is 7.96. The molecule has 130 valence electrons. The van der Waals surface area contributed by atoms with Crippen LogP contribution in [0.2, 0.25) is 0 Å². The summed E-state index contributed by atoms with van der Waals surface area (Å²) in [6, 6.07) is 3.17. The zero-order valence-corrected chi connectivity index (χ0v) is 15.0. The molecule has 6 nitrogen and oxygen atoms in total. The maximum atomic E-state index is 12.8. The molecule has 0 saturated carbocycles. The number of hydrogen-bond acceptors (Lipinski definition) is 5. The van der Waals surface area contributed by atoms with Gasteiger partial charge in [0.15, 0.2) is 11.5 Å². The number of aromatic nitrogens is 1. The highest BCUT2D eigenvalue weighted by Gasteiger charge is 2.23. The molecule has 1 atom stereocenters. The molecule has 1 aromatic heterocycles. The van der Waals surface area contributed by atoms with Gasteiger partial charge in [-0.15, -0.1) is 0 Å². The molecule has 0 bridgehead atoms. The first-order chi connectivity index (χ1) is 11.4. The molecule has 0 fully saturated rings. The number of carbonyl (C=O) groups excluding carboxylic acids is 1. The smallest absolute Gasteiger partial charge is 0.303 e. The lowest BCUT2D eigenvalue weighted by Crippen LogP contribution is -2.22. The van der Waals surface area contributed by atoms with Gasteiger partial charge in [-0.25, -0.2) is 0 Å². The quantitative estimate of drug-likeness (QED) is 0.765. The van der Waals surface area contributed by atoms with Gasteiger partial charge in [0.2, 0.25) is 4.90 Å². The Morgan fingerprint density at radius 2 is 1.88 bits per heavy atom. The third-order valence-electron chi connectivity index (χ3n) is 3.76. The van der Waals surface area contributed by atoms with Crippen molar-refractivity contribution in [3.63, 3.8) is 0 Å². The summed E-state index contributed by atoms with van der Waals surface area (Å²) in [6.07, 6.45) is 2.98. The minimum atomic E-state index is -0.525. The van der Waals surface area contributed by atoms with Crippen molar-refractivity contribution < 1.29 is 19.4 Å². The lowest BCUT2D eigenvalue weighted by Gasteiger charge is -2.16. The second-order valence-corrected chi connectivity index (χ2v) is 7.60. The number of nitrogens with one attached hydrogen (secondary N) is 1. The number of hydrogen-bond donors (Lipinski definition) is 1. The second-order valence-electron chi connectivity index (χ2n) is 5.51. The number of ether oxygens (including phenoxy) is 2. The first-order valence-corrected chi connectivity index (χ1v) is 9.30. The minimum Gasteiger partial charge on any atom is -0.868 e. The van der Waals surface area contributed by atoms with Crippen LogP contribution in [0.1, 0.15) is 19.8 Å². The normalized spacial score (nSPS) is 12.2. The van der Waals surface area contributed by atoms with Gasteiger partial charge in [-0.2, -0.15) is 0 Å². The fourth-order valence-electron chi connectivity index (χ4n) is 2.53. The van der Waals surface area contributed by atoms with Gasteiger partial charge in [0.25, 0.3) is 0 Å². The van der Waals surface area contributed by atoms with E-state index in [1.165, 1.54) is 21.1 Å². The van der Waals surface area contributed by atoms with Crippen molar-refractivity contribution in [3.8, 4) is 17.2 Å². The third-order valence-corrected chi connectivity index (χ3v) is 5.73. The van der Waals surface area contributed by atoms with Crippen LogP contribution < -0.4 is 20.1 Å². The maximum absolute atomic E-state index is 12.8. The van der Waals surface area contributed by atoms with Gasteiger partial charge < -0.3 is 24.4 Å². The predicted octanol–water partition coefficient (Wildman–Crippen LogP) is 1.60. The van der Waals surface area contributed by atoms with E-state index in [9.17, 15) is 14.7 Å². The molecule has 0 radical (unpaired) electrons. The molecule has 0 saturated heterocycles. The summed E-state index contributed by atoms with van der Waals surface area (Å²) in [5.41, 5.74) is 0.0421. The summed E-state index contributed by atoms with van der Waals surface area (Å²) in [7, 11) is 2.46. The number of aromatic amines is 1. The van der Waals surface area contributed by atoms with Crippen molar-refractivity contribution in [3.05, 3.63) is 22.5 Å². The number of Topliss-reactive ketones (excluding diaryl/α,β-unsaturated/α-hetero) is 1. The third kappa shape index (κ3) is 3.67. The molecule has 0 aliphatic rings. The van der Waals surface area contributed by atoms with E-state index in [0.29, 0.717) is 41.0 Å². The Morgan fingerprint density at radius 3 is 2.46 bits per heavy atom. The molecular weight excluding hydrogens is 330 g/mol. The van der Waals surface area contributed by atoms with Crippen LogP contribution in [0.5, 0.6) is 17.2 Å². The van der Waals surface area contributed by atoms with E-state index in [1.54, 1.807) is 12.1 Å². The minimum absolute atomic E-state index is 0.110. The summed E-state index contributed by atoms with van der Waals surface area (Å²) < 4.78 is 10.4. The van der Waals surface area contributed by atoms with Crippen molar-refractivity contribution in [1.29, 1.82) is 0 Å². The summed E-state index contributed by atoms with van der Waals surface area (Å²) >= 11 is 0. The molecule has 1 aromatic carbocycles. The number of H-pyrrole nitrogens is 1. The van der Waals surface area contributed by atoms with Crippen LogP contribution >= 0.6 is 0 Å². The number of carbonyl (C=O) groups is 1. The van der Waals surface area contributed by atoms with E-state index in [4.69, 9.17) is 9.47 Å². The van der Waals surface area contributed by atoms with Crippen LogP contribution in [0.15, 0.2) is 21.8 Å². The largest absolute Gasteiger partial charge is 0.868 e. The van der Waals surface area contributed by atoms with Crippen LogP contribution in [-0.2, 0) is 15.7 Å². The van der Waals surface area contributed by atoms with Gasteiger partial charge >= 0.3 is 5.56 Å². The molecule has 0 spiro atoms. The molecule has 2 rings (SSSR count). The van der Waals surface area contributed by atoms with Gasteiger partial charge in [0.05, 0.1) is 19.7 Å². The van der Waals surface area contributed by atoms with Crippen molar-refractivity contribution in [2.45, 2.75) is 24.7 Å². The molecule has 1 unspecified atom stereocenters. The van der Waals surface area contributed by atoms with Gasteiger partial charge in [0, 0.05) is 23.4 Å². The van der Waals surface area contributed by atoms with E-state index in [-0.39, 0.29) is 22.0 Å². The van der Waals surface area contributed by atoms with Crippen molar-refractivity contribution in [2.24, 2.45) is 0 Å². The van der Waals surface area contributed by atoms with Gasteiger partial charge in [0.1, 0.15) is 17.8 Å². The lowest BCUT2D eigenvalue weighted by atomic mass is 10.2. The summed E-state index contributed by atoms with van der Waals surface area (Å²) in [4.78, 5) is 26.4. The summed E-state index contributed by atoms with van der Waals surface area (Å²) in [5.74, 6) is 1.34. The van der Waals surface area contributed by atoms with Crippen LogP contribution in [0, 0.1) is 0 Å². The number of ketones is 1. The Hall–Kier alpha value is -2.15. The van der Waals surface area contributed by atoms with E-state index < -0.39 is 10.9 Å². The molecule has 1 N–H and O–H groups in total. The van der Waals surface area contributed by atoms with Crippen LogP contribution in [0.3, 0.4) is 0 Å². The van der Waals surface area contributed by atoms with Crippen LogP contribution in [-0.4, -0.2) is 37.0 Å². The number of methoxy groups -OCH3 is 2. The molecule has 1 heterocycles. The topological polar surface area (TPSA) is 91.5 Å². The Bertz CT molecular complexity index is 815. The zero-order chi connectivity index (χ0) is 17.9. The molecule has 0 aliphatic carbocycles. The number of fused-ring (bicyclic) bond motifs is 1. The molecule has 2 aromatic rings. The summed E-state index contributed by atoms with van der Waals surface area (Å²) in [5, 5.41) is 13.2. The standard InChI is InChI=1S/C17H21NO5S/c1-10(19)6-5-7-24(4)16-15(20)11-8-13(22-2)14(23-3)9-12(11)18-17(16)21/h8-9H,5-7H2,1-4H3,(H-,18,20,21). The average molecular weight is 351 g/mol. The highest BCUT2D eigenvalue weighted by Crippen LogP contribution is 2.35. The van der Waals surface area contributed by atoms with E-state index in [0.717, 1.165) is 0 Å². The van der Waals surface area contributed by atoms with Crippen LogP contribution in [0.4, 0.5) is 0 Å². The average Bonchev–Trinajstić information content (AvgIpc) is 2.53. The van der Waals surface area contributed by atoms with E-state index in [2.05, 4.69) is 4.98 Å². The monoisotopic (exact) mass is 351 g/mol. The molecular formula is C17H21NO5S. The van der Waals surface area contributed by atoms with Crippen molar-refractivity contribution in [1.82, 2.24) is 4.98 Å². The number of rotatable bonds is 7. The Morgan fingerprint density at radius 1 is 1.25 bits per heavy atom. The molecule has 24 heavy (non-hydrogen) atoms. The van der Waals surface area contributed by atoms with Gasteiger partial charge in [-0.1, -0.05) is 0 Å². The fourth-order valence-corrected chi connectivity index (χ4v) is 4.11. The van der Waals surface area contributed by atoms with Crippen molar-refractivity contribution in [2.75, 3.05) is 26.2 Å². The van der Waals surface area contributed by atoms with E-state index >= 15 is 0 Å². The fraction of sp³-hybridized carbons (Fsp3) is 0.412. The zero-order valence-electron chi connectivity index (χ0n) is 14.2. The SMILES string of the molecule is COc1cc2[nH]c(=O)c([S+](C)CCCC(C)=O)c([O-])c2cc1OC. The predicted molar refractivity (Wildman–Crippen MR) is 93.5 cm³/mol. The van der Waals surface area contributed by atoms with Crippen molar-refractivity contribution >= 4 is 27.6 Å².